The highest BCUT2D eigenvalue weighted by molar-refractivity contribution is 7.98. The molecule has 0 atom stereocenters. The number of hydrogen-bond acceptors (Lipinski definition) is 3. The Morgan fingerprint density at radius 1 is 1.88 bits per heavy atom. The lowest BCUT2D eigenvalue weighted by Gasteiger charge is -2.09. The standard InChI is InChI=1S/C4H5N2OS/c5-4-1-3(7)2-8-6-4/h1H,2H2,(H2,5,6). The average molecular weight is 129 g/mol. The van der Waals surface area contributed by atoms with Crippen LogP contribution in [0.15, 0.2) is 0 Å². The third-order valence-corrected chi connectivity index (χ3v) is 1.49. The van der Waals surface area contributed by atoms with Crippen LogP contribution >= 0.6 is 11.9 Å². The first-order chi connectivity index (χ1) is 3.79. The first-order valence-corrected chi connectivity index (χ1v) is 3.11. The van der Waals surface area contributed by atoms with Gasteiger partial charge in [0.25, 0.3) is 0 Å². The van der Waals surface area contributed by atoms with Crippen molar-refractivity contribution in [1.29, 1.82) is 5.41 Å². The Morgan fingerprint density at radius 3 is 3.00 bits per heavy atom. The van der Waals surface area contributed by atoms with Crippen LogP contribution in [0.25, 0.3) is 0 Å². The van der Waals surface area contributed by atoms with Gasteiger partial charge in [0, 0.05) is 0 Å². The fraction of sp³-hybridized carbons (Fsp3) is 0.250. The highest BCUT2D eigenvalue weighted by atomic mass is 32.2. The van der Waals surface area contributed by atoms with Gasteiger partial charge in [0.05, 0.1) is 12.2 Å². The largest absolute Gasteiger partial charge is 0.317 e. The molecule has 1 rings (SSSR count). The first kappa shape index (κ1) is 5.62. The van der Waals surface area contributed by atoms with E-state index in [4.69, 9.17) is 5.41 Å². The maximum Gasteiger partial charge on any atom is 0.156 e. The summed E-state index contributed by atoms with van der Waals surface area (Å²) in [5.74, 6) is 0.660. The van der Waals surface area contributed by atoms with Crippen LogP contribution in [-0.4, -0.2) is 17.4 Å². The van der Waals surface area contributed by atoms with Crippen LogP contribution in [0.1, 0.15) is 0 Å². The van der Waals surface area contributed by atoms with Crippen LogP contribution in [0.5, 0.6) is 0 Å². The number of carbonyl (C=O) groups is 1. The summed E-state index contributed by atoms with van der Waals surface area (Å²) in [5, 5.41) is 6.91. The molecule has 3 nitrogen and oxygen atoms in total. The lowest BCUT2D eigenvalue weighted by atomic mass is 10.3. The number of amidine groups is 1. The maximum atomic E-state index is 10.4. The summed E-state index contributed by atoms with van der Waals surface area (Å²) in [6.07, 6.45) is 1.29. The summed E-state index contributed by atoms with van der Waals surface area (Å²) in [6, 6.07) is 0. The molecule has 1 fully saturated rings. The number of nitrogens with one attached hydrogen (secondary N) is 2. The molecule has 0 aromatic heterocycles. The van der Waals surface area contributed by atoms with E-state index in [1.165, 1.54) is 18.4 Å². The predicted octanol–water partition coefficient (Wildman–Crippen LogP) is -0.0115. The Hall–Kier alpha value is -0.510. The minimum absolute atomic E-state index is 0.0127. The molecule has 0 aliphatic carbocycles. The number of rotatable bonds is 0. The van der Waals surface area contributed by atoms with Crippen LogP contribution in [-0.2, 0) is 4.79 Å². The van der Waals surface area contributed by atoms with Crippen LogP contribution in [0.3, 0.4) is 0 Å². The fourth-order valence-corrected chi connectivity index (χ4v) is 0.929. The van der Waals surface area contributed by atoms with Crippen molar-refractivity contribution in [2.75, 3.05) is 5.75 Å². The smallest absolute Gasteiger partial charge is 0.156 e. The SMILES string of the molecule is N=C1[CH]C(=O)CSN1. The van der Waals surface area contributed by atoms with Gasteiger partial charge in [-0.2, -0.15) is 0 Å². The van der Waals surface area contributed by atoms with Crippen molar-refractivity contribution in [3.8, 4) is 0 Å². The molecule has 0 bridgehead atoms. The zero-order chi connectivity index (χ0) is 5.98. The second-order valence-electron chi connectivity index (χ2n) is 1.42. The summed E-state index contributed by atoms with van der Waals surface area (Å²) >= 11 is 1.26. The van der Waals surface area contributed by atoms with E-state index in [0.29, 0.717) is 5.75 Å². The van der Waals surface area contributed by atoms with E-state index in [1.54, 1.807) is 0 Å². The third-order valence-electron chi connectivity index (χ3n) is 0.702. The van der Waals surface area contributed by atoms with E-state index >= 15 is 0 Å². The first-order valence-electron chi connectivity index (χ1n) is 2.13. The third kappa shape index (κ3) is 1.23. The van der Waals surface area contributed by atoms with Crippen LogP contribution in [0, 0.1) is 11.8 Å². The van der Waals surface area contributed by atoms with E-state index in [9.17, 15) is 4.79 Å². The van der Waals surface area contributed by atoms with Crippen molar-refractivity contribution in [2.24, 2.45) is 0 Å². The van der Waals surface area contributed by atoms with Crippen molar-refractivity contribution < 1.29 is 4.79 Å². The fourth-order valence-electron chi connectivity index (χ4n) is 0.417. The van der Waals surface area contributed by atoms with Crippen molar-refractivity contribution >= 4 is 23.6 Å². The second kappa shape index (κ2) is 2.17. The normalized spacial score (nSPS) is 20.5. The maximum absolute atomic E-state index is 10.4. The minimum atomic E-state index is 0.0127. The highest BCUT2D eigenvalue weighted by Gasteiger charge is 2.12. The van der Waals surface area contributed by atoms with Gasteiger partial charge in [-0.3, -0.25) is 10.2 Å². The number of ketones is 1. The molecular weight excluding hydrogens is 124 g/mol. The summed E-state index contributed by atoms with van der Waals surface area (Å²) in [5.41, 5.74) is 0. The van der Waals surface area contributed by atoms with Gasteiger partial charge in [-0.25, -0.2) is 0 Å². The van der Waals surface area contributed by atoms with Crippen molar-refractivity contribution in [3.05, 3.63) is 6.42 Å². The van der Waals surface area contributed by atoms with E-state index in [2.05, 4.69) is 4.72 Å². The zero-order valence-corrected chi connectivity index (χ0v) is 4.92. The number of Topliss-reactive ketones (excluding diaryl/α,β-unsaturated/α-hetero) is 1. The van der Waals surface area contributed by atoms with Gasteiger partial charge in [0.1, 0.15) is 5.84 Å². The van der Waals surface area contributed by atoms with Crippen molar-refractivity contribution in [1.82, 2.24) is 4.72 Å². The van der Waals surface area contributed by atoms with E-state index in [1.807, 2.05) is 0 Å². The Labute approximate surface area is 51.5 Å². The van der Waals surface area contributed by atoms with Gasteiger partial charge < -0.3 is 4.72 Å². The Balaban J connectivity index is 2.45. The molecule has 43 valence electrons. The zero-order valence-electron chi connectivity index (χ0n) is 4.10. The Kier molecular flexibility index (Phi) is 1.53. The van der Waals surface area contributed by atoms with Gasteiger partial charge >= 0.3 is 0 Å². The summed E-state index contributed by atoms with van der Waals surface area (Å²) in [6.45, 7) is 0. The Morgan fingerprint density at radius 2 is 2.62 bits per heavy atom. The van der Waals surface area contributed by atoms with E-state index < -0.39 is 0 Å². The molecule has 0 aromatic rings. The topological polar surface area (TPSA) is 53.0 Å². The molecule has 0 saturated carbocycles. The molecule has 1 aliphatic heterocycles. The number of hydrogen-bond donors (Lipinski definition) is 2. The molecule has 1 saturated heterocycles. The summed E-state index contributed by atoms with van der Waals surface area (Å²) in [7, 11) is 0. The Bertz CT molecular complexity index is 120. The molecule has 0 spiro atoms. The molecule has 4 heteroatoms. The molecule has 8 heavy (non-hydrogen) atoms. The molecule has 0 unspecified atom stereocenters. The van der Waals surface area contributed by atoms with Gasteiger partial charge in [0.15, 0.2) is 5.78 Å². The van der Waals surface area contributed by atoms with Gasteiger partial charge in [-0.15, -0.1) is 0 Å². The average Bonchev–Trinajstić information content (AvgIpc) is 1.64. The lowest BCUT2D eigenvalue weighted by Crippen LogP contribution is -2.27. The molecule has 1 aliphatic rings. The second-order valence-corrected chi connectivity index (χ2v) is 2.20. The van der Waals surface area contributed by atoms with Gasteiger partial charge in [0.2, 0.25) is 0 Å². The minimum Gasteiger partial charge on any atom is -0.317 e. The highest BCUT2D eigenvalue weighted by Crippen LogP contribution is 2.02. The van der Waals surface area contributed by atoms with Gasteiger partial charge in [-0.05, 0) is 11.9 Å². The summed E-state index contributed by atoms with van der Waals surface area (Å²) in [4.78, 5) is 10.4. The van der Waals surface area contributed by atoms with E-state index in [0.717, 1.165) is 0 Å². The molecule has 0 amide bonds. The quantitative estimate of drug-likeness (QED) is 0.452. The molecule has 0 aromatic carbocycles. The van der Waals surface area contributed by atoms with Crippen LogP contribution < -0.4 is 4.72 Å². The molecule has 1 heterocycles. The monoisotopic (exact) mass is 129 g/mol. The lowest BCUT2D eigenvalue weighted by molar-refractivity contribution is -0.113. The molecular formula is C4H5N2OS. The van der Waals surface area contributed by atoms with Crippen LogP contribution in [0.2, 0.25) is 0 Å². The van der Waals surface area contributed by atoms with Crippen molar-refractivity contribution in [2.45, 2.75) is 0 Å². The van der Waals surface area contributed by atoms with E-state index in [-0.39, 0.29) is 11.6 Å². The number of carbonyl (C=O) groups excluding carboxylic acids is 1. The van der Waals surface area contributed by atoms with Crippen molar-refractivity contribution in [3.63, 3.8) is 0 Å². The van der Waals surface area contributed by atoms with Gasteiger partial charge in [-0.1, -0.05) is 0 Å². The molecule has 2 N–H and O–H groups in total. The molecule has 1 radical (unpaired) electrons. The summed E-state index contributed by atoms with van der Waals surface area (Å²) < 4.78 is 2.64. The van der Waals surface area contributed by atoms with Crippen LogP contribution in [0.4, 0.5) is 0 Å². The predicted molar refractivity (Wildman–Crippen MR) is 32.6 cm³/mol.